The fourth-order valence-corrected chi connectivity index (χ4v) is 4.05. The summed E-state index contributed by atoms with van der Waals surface area (Å²) in [5.74, 6) is 3.64. The fourth-order valence-electron chi connectivity index (χ4n) is 3.51. The molecule has 16 heavy (non-hydrogen) atoms. The third-order valence-electron chi connectivity index (χ3n) is 4.77. The fraction of sp³-hybridized carbons (Fsp3) is 1.00. The van der Waals surface area contributed by atoms with E-state index < -0.39 is 0 Å². The molecular formula is C14H27NS. The quantitative estimate of drug-likeness (QED) is 0.738. The number of hydrogen-bond donors (Lipinski definition) is 1. The highest BCUT2D eigenvalue weighted by Gasteiger charge is 2.36. The van der Waals surface area contributed by atoms with Crippen molar-refractivity contribution in [3.05, 3.63) is 0 Å². The molecule has 1 aliphatic heterocycles. The Hall–Kier alpha value is 0.310. The summed E-state index contributed by atoms with van der Waals surface area (Å²) in [6.45, 7) is 7.33. The Morgan fingerprint density at radius 1 is 1.19 bits per heavy atom. The summed E-state index contributed by atoms with van der Waals surface area (Å²) in [7, 11) is 0. The lowest BCUT2D eigenvalue weighted by Crippen LogP contribution is -2.39. The van der Waals surface area contributed by atoms with Gasteiger partial charge in [-0.15, -0.1) is 0 Å². The molecule has 0 radical (unpaired) electrons. The smallest absolute Gasteiger partial charge is 0.0124 e. The van der Waals surface area contributed by atoms with Crippen LogP contribution in [0.1, 0.15) is 46.0 Å². The van der Waals surface area contributed by atoms with Crippen molar-refractivity contribution in [1.82, 2.24) is 4.90 Å². The van der Waals surface area contributed by atoms with Crippen molar-refractivity contribution in [3.63, 3.8) is 0 Å². The lowest BCUT2D eigenvalue weighted by Gasteiger charge is -2.34. The van der Waals surface area contributed by atoms with E-state index >= 15 is 0 Å². The Morgan fingerprint density at radius 2 is 1.94 bits per heavy atom. The standard InChI is InChI=1S/C14H27NS/c1-11(2)13(10-16)9-15-8-7-12-5-3-4-6-14(12)15/h11-14,16H,3-10H2,1-2H3. The van der Waals surface area contributed by atoms with Crippen LogP contribution in [-0.4, -0.2) is 29.8 Å². The molecule has 0 aromatic carbocycles. The largest absolute Gasteiger partial charge is 0.300 e. The van der Waals surface area contributed by atoms with Gasteiger partial charge in [-0.3, -0.25) is 4.90 Å². The maximum absolute atomic E-state index is 4.52. The minimum atomic E-state index is 0.778. The molecule has 0 N–H and O–H groups in total. The van der Waals surface area contributed by atoms with Crippen LogP contribution >= 0.6 is 12.6 Å². The van der Waals surface area contributed by atoms with Crippen molar-refractivity contribution in [2.75, 3.05) is 18.8 Å². The van der Waals surface area contributed by atoms with Crippen molar-refractivity contribution in [1.29, 1.82) is 0 Å². The van der Waals surface area contributed by atoms with E-state index in [9.17, 15) is 0 Å². The third kappa shape index (κ3) is 2.76. The zero-order chi connectivity index (χ0) is 11.5. The van der Waals surface area contributed by atoms with Crippen molar-refractivity contribution >= 4 is 12.6 Å². The van der Waals surface area contributed by atoms with Gasteiger partial charge in [0.1, 0.15) is 0 Å². The molecule has 1 heterocycles. The van der Waals surface area contributed by atoms with Crippen LogP contribution in [0.15, 0.2) is 0 Å². The minimum absolute atomic E-state index is 0.778. The Balaban J connectivity index is 1.89. The number of rotatable bonds is 4. The van der Waals surface area contributed by atoms with Gasteiger partial charge in [0, 0.05) is 12.6 Å². The molecule has 0 aromatic heterocycles. The van der Waals surface area contributed by atoms with Gasteiger partial charge in [-0.1, -0.05) is 26.7 Å². The van der Waals surface area contributed by atoms with Gasteiger partial charge >= 0.3 is 0 Å². The zero-order valence-corrected chi connectivity index (χ0v) is 11.8. The summed E-state index contributed by atoms with van der Waals surface area (Å²) in [5.41, 5.74) is 0. The van der Waals surface area contributed by atoms with Gasteiger partial charge in [0.2, 0.25) is 0 Å². The van der Waals surface area contributed by atoms with Crippen LogP contribution in [0.2, 0.25) is 0 Å². The van der Waals surface area contributed by atoms with Crippen molar-refractivity contribution in [2.45, 2.75) is 52.0 Å². The van der Waals surface area contributed by atoms with Crippen molar-refractivity contribution in [3.8, 4) is 0 Å². The van der Waals surface area contributed by atoms with Crippen LogP contribution in [0, 0.1) is 17.8 Å². The normalized spacial score (nSPS) is 33.0. The Labute approximate surface area is 106 Å². The lowest BCUT2D eigenvalue weighted by molar-refractivity contribution is 0.152. The maximum Gasteiger partial charge on any atom is 0.0124 e. The topological polar surface area (TPSA) is 3.24 Å². The van der Waals surface area contributed by atoms with Gasteiger partial charge in [-0.05, 0) is 49.3 Å². The summed E-state index contributed by atoms with van der Waals surface area (Å²) < 4.78 is 0. The lowest BCUT2D eigenvalue weighted by atomic mass is 9.85. The van der Waals surface area contributed by atoms with Crippen LogP contribution in [0.5, 0.6) is 0 Å². The average Bonchev–Trinajstić information content (AvgIpc) is 2.69. The number of nitrogens with zero attached hydrogens (tertiary/aromatic N) is 1. The van der Waals surface area contributed by atoms with E-state index in [0.29, 0.717) is 0 Å². The van der Waals surface area contributed by atoms with E-state index in [1.165, 1.54) is 45.2 Å². The molecule has 2 aliphatic rings. The molecule has 0 bridgehead atoms. The van der Waals surface area contributed by atoms with E-state index in [2.05, 4.69) is 31.4 Å². The molecule has 2 fully saturated rings. The van der Waals surface area contributed by atoms with Crippen LogP contribution in [0.25, 0.3) is 0 Å². The van der Waals surface area contributed by atoms with Gasteiger partial charge in [0.05, 0.1) is 0 Å². The van der Waals surface area contributed by atoms with E-state index in [1.807, 2.05) is 0 Å². The molecule has 0 aromatic rings. The molecule has 1 saturated heterocycles. The van der Waals surface area contributed by atoms with Gasteiger partial charge in [0.25, 0.3) is 0 Å². The number of thiol groups is 1. The SMILES string of the molecule is CC(C)C(CS)CN1CCC2CCCCC21. The highest BCUT2D eigenvalue weighted by atomic mass is 32.1. The third-order valence-corrected chi connectivity index (χ3v) is 5.24. The maximum atomic E-state index is 4.52. The predicted molar refractivity (Wildman–Crippen MR) is 74.1 cm³/mol. The Bertz CT molecular complexity index is 217. The highest BCUT2D eigenvalue weighted by molar-refractivity contribution is 7.80. The summed E-state index contributed by atoms with van der Waals surface area (Å²) in [6, 6.07) is 0.926. The molecule has 0 amide bonds. The molecule has 1 nitrogen and oxygen atoms in total. The Kier molecular flexibility index (Phi) is 4.60. The van der Waals surface area contributed by atoms with Crippen LogP contribution in [-0.2, 0) is 0 Å². The number of hydrogen-bond acceptors (Lipinski definition) is 2. The van der Waals surface area contributed by atoms with Gasteiger partial charge in [-0.25, -0.2) is 0 Å². The Morgan fingerprint density at radius 3 is 2.62 bits per heavy atom. The van der Waals surface area contributed by atoms with E-state index in [1.54, 1.807) is 0 Å². The van der Waals surface area contributed by atoms with Crippen LogP contribution in [0.3, 0.4) is 0 Å². The monoisotopic (exact) mass is 241 g/mol. The van der Waals surface area contributed by atoms with E-state index in [4.69, 9.17) is 0 Å². The van der Waals surface area contributed by atoms with Gasteiger partial charge in [-0.2, -0.15) is 12.6 Å². The van der Waals surface area contributed by atoms with E-state index in [0.717, 1.165) is 29.5 Å². The second kappa shape index (κ2) is 5.77. The second-order valence-electron chi connectivity index (χ2n) is 6.08. The van der Waals surface area contributed by atoms with Crippen LogP contribution in [0.4, 0.5) is 0 Å². The molecule has 94 valence electrons. The molecule has 3 atom stereocenters. The van der Waals surface area contributed by atoms with Gasteiger partial charge in [0.15, 0.2) is 0 Å². The second-order valence-corrected chi connectivity index (χ2v) is 6.45. The van der Waals surface area contributed by atoms with Gasteiger partial charge < -0.3 is 0 Å². The van der Waals surface area contributed by atoms with Crippen molar-refractivity contribution in [2.24, 2.45) is 17.8 Å². The molecule has 1 saturated carbocycles. The first-order valence-electron chi connectivity index (χ1n) is 7.07. The molecule has 2 rings (SSSR count). The molecule has 2 heteroatoms. The summed E-state index contributed by atoms with van der Waals surface area (Å²) in [6.07, 6.45) is 7.36. The predicted octanol–water partition coefficient (Wildman–Crippen LogP) is 3.45. The van der Waals surface area contributed by atoms with Crippen LogP contribution < -0.4 is 0 Å². The molecular weight excluding hydrogens is 214 g/mol. The number of likely N-dealkylation sites (tertiary alicyclic amines) is 1. The first-order valence-corrected chi connectivity index (χ1v) is 7.70. The number of fused-ring (bicyclic) bond motifs is 1. The molecule has 3 unspecified atom stereocenters. The first-order chi connectivity index (χ1) is 7.72. The average molecular weight is 241 g/mol. The summed E-state index contributed by atoms with van der Waals surface area (Å²) in [5, 5.41) is 0. The highest BCUT2D eigenvalue weighted by Crippen LogP contribution is 2.36. The zero-order valence-electron chi connectivity index (χ0n) is 10.9. The van der Waals surface area contributed by atoms with Crippen molar-refractivity contribution < 1.29 is 0 Å². The minimum Gasteiger partial charge on any atom is -0.300 e. The molecule has 1 aliphatic carbocycles. The summed E-state index contributed by atoms with van der Waals surface area (Å²) in [4.78, 5) is 2.78. The van der Waals surface area contributed by atoms with E-state index in [-0.39, 0.29) is 0 Å². The molecule has 0 spiro atoms. The summed E-state index contributed by atoms with van der Waals surface area (Å²) >= 11 is 4.52. The first kappa shape index (κ1) is 12.8.